The minimum Gasteiger partial charge on any atom is -0.354 e. The van der Waals surface area contributed by atoms with E-state index in [4.69, 9.17) is 0 Å². The van der Waals surface area contributed by atoms with Crippen molar-refractivity contribution in [3.8, 4) is 0 Å². The van der Waals surface area contributed by atoms with Gasteiger partial charge in [0, 0.05) is 11.0 Å². The van der Waals surface area contributed by atoms with Gasteiger partial charge in [-0.1, -0.05) is 70.9 Å². The number of nitrogens with zero attached hydrogens (tertiary/aromatic N) is 1. The molecule has 1 atom stereocenters. The number of anilines is 1. The average Bonchev–Trinajstić information content (AvgIpc) is 2.77. The molecule has 3 rings (SSSR count). The summed E-state index contributed by atoms with van der Waals surface area (Å²) in [4.78, 5) is 12.9. The number of carbonyl (C=O) groups is 1. The van der Waals surface area contributed by atoms with Crippen LogP contribution in [-0.2, 0) is 14.8 Å². The molecule has 0 aliphatic heterocycles. The first-order valence-electron chi connectivity index (χ1n) is 9.94. The second-order valence-corrected chi connectivity index (χ2v) is 10.2. The fourth-order valence-corrected chi connectivity index (χ4v) is 4.80. The van der Waals surface area contributed by atoms with E-state index in [1.807, 2.05) is 44.2 Å². The van der Waals surface area contributed by atoms with Gasteiger partial charge in [0.25, 0.3) is 10.0 Å². The third kappa shape index (κ3) is 5.95. The number of rotatable bonds is 8. The minimum absolute atomic E-state index is 0.111. The van der Waals surface area contributed by atoms with Crippen LogP contribution in [0.4, 0.5) is 5.69 Å². The SMILES string of the molecule is Cc1ccc(S(=O)(=O)N(CC(=O)NCC(C)c2ccccc2)c2ccc(Br)cc2)cc1. The molecule has 0 heterocycles. The molecule has 162 valence electrons. The number of halogens is 1. The molecule has 0 aliphatic rings. The van der Waals surface area contributed by atoms with Gasteiger partial charge in [0.15, 0.2) is 0 Å². The van der Waals surface area contributed by atoms with E-state index in [0.717, 1.165) is 19.9 Å². The first kappa shape index (κ1) is 23.0. The molecule has 0 bridgehead atoms. The van der Waals surface area contributed by atoms with Crippen LogP contribution in [0.15, 0.2) is 88.2 Å². The summed E-state index contributed by atoms with van der Waals surface area (Å²) in [6.07, 6.45) is 0. The Morgan fingerprint density at radius 2 is 1.58 bits per heavy atom. The summed E-state index contributed by atoms with van der Waals surface area (Å²) in [5.74, 6) is -0.249. The monoisotopic (exact) mass is 500 g/mol. The number of amides is 1. The van der Waals surface area contributed by atoms with E-state index in [1.165, 1.54) is 0 Å². The van der Waals surface area contributed by atoms with Crippen LogP contribution in [0.2, 0.25) is 0 Å². The Labute approximate surface area is 192 Å². The summed E-state index contributed by atoms with van der Waals surface area (Å²) in [5.41, 5.74) is 2.50. The Kier molecular flexibility index (Phi) is 7.51. The molecule has 0 aliphatic carbocycles. The number of hydrogen-bond donors (Lipinski definition) is 1. The fraction of sp³-hybridized carbons (Fsp3) is 0.208. The maximum absolute atomic E-state index is 13.4. The van der Waals surface area contributed by atoms with Crippen molar-refractivity contribution >= 4 is 37.5 Å². The van der Waals surface area contributed by atoms with Gasteiger partial charge < -0.3 is 5.32 Å². The Hall–Kier alpha value is -2.64. The summed E-state index contributed by atoms with van der Waals surface area (Å²) < 4.78 is 28.7. The van der Waals surface area contributed by atoms with Gasteiger partial charge in [-0.25, -0.2) is 8.42 Å². The molecule has 7 heteroatoms. The normalized spacial score (nSPS) is 12.2. The van der Waals surface area contributed by atoms with Crippen molar-refractivity contribution in [2.75, 3.05) is 17.4 Å². The number of aryl methyl sites for hydroxylation is 1. The first-order chi connectivity index (χ1) is 14.8. The summed E-state index contributed by atoms with van der Waals surface area (Å²) in [6, 6.07) is 23.3. The number of benzene rings is 3. The molecule has 31 heavy (non-hydrogen) atoms. The Bertz CT molecular complexity index is 1120. The molecule has 0 fully saturated rings. The van der Waals surface area contributed by atoms with Gasteiger partial charge >= 0.3 is 0 Å². The summed E-state index contributed by atoms with van der Waals surface area (Å²) in [5, 5.41) is 2.87. The Morgan fingerprint density at radius 1 is 0.968 bits per heavy atom. The van der Waals surface area contributed by atoms with E-state index in [0.29, 0.717) is 12.2 Å². The highest BCUT2D eigenvalue weighted by Crippen LogP contribution is 2.25. The average molecular weight is 501 g/mol. The molecule has 0 saturated heterocycles. The lowest BCUT2D eigenvalue weighted by atomic mass is 10.0. The van der Waals surface area contributed by atoms with Crippen molar-refractivity contribution in [2.24, 2.45) is 0 Å². The van der Waals surface area contributed by atoms with Crippen LogP contribution in [-0.4, -0.2) is 27.4 Å². The zero-order valence-electron chi connectivity index (χ0n) is 17.5. The van der Waals surface area contributed by atoms with Crippen molar-refractivity contribution in [3.63, 3.8) is 0 Å². The molecule has 1 N–H and O–H groups in total. The van der Waals surface area contributed by atoms with Crippen molar-refractivity contribution < 1.29 is 13.2 Å². The summed E-state index contributed by atoms with van der Waals surface area (Å²) in [6.45, 7) is 4.02. The van der Waals surface area contributed by atoms with Crippen molar-refractivity contribution in [1.82, 2.24) is 5.32 Å². The van der Waals surface area contributed by atoms with Crippen molar-refractivity contribution in [1.29, 1.82) is 0 Å². The second kappa shape index (κ2) is 10.1. The molecule has 0 aromatic heterocycles. The quantitative estimate of drug-likeness (QED) is 0.479. The standard InChI is InChI=1S/C24H25BrN2O3S/c1-18-8-14-23(15-9-18)31(29,30)27(22-12-10-21(25)11-13-22)17-24(28)26-16-19(2)20-6-4-3-5-7-20/h3-15,19H,16-17H2,1-2H3,(H,26,28). The summed E-state index contributed by atoms with van der Waals surface area (Å²) in [7, 11) is -3.91. The Balaban J connectivity index is 1.80. The zero-order valence-corrected chi connectivity index (χ0v) is 19.9. The van der Waals surface area contributed by atoms with Crippen LogP contribution < -0.4 is 9.62 Å². The summed E-state index contributed by atoms with van der Waals surface area (Å²) >= 11 is 3.36. The predicted octanol–water partition coefficient (Wildman–Crippen LogP) is 4.87. The van der Waals surface area contributed by atoms with Gasteiger partial charge in [-0.05, 0) is 54.8 Å². The van der Waals surface area contributed by atoms with Crippen molar-refractivity contribution in [3.05, 3.63) is 94.5 Å². The molecule has 0 saturated carbocycles. The number of sulfonamides is 1. The lowest BCUT2D eigenvalue weighted by molar-refractivity contribution is -0.119. The van der Waals surface area contributed by atoms with E-state index in [9.17, 15) is 13.2 Å². The molecule has 5 nitrogen and oxygen atoms in total. The van der Waals surface area contributed by atoms with Gasteiger partial charge in [0.05, 0.1) is 10.6 Å². The Morgan fingerprint density at radius 3 is 2.19 bits per heavy atom. The smallest absolute Gasteiger partial charge is 0.264 e. The number of nitrogens with one attached hydrogen (secondary N) is 1. The molecule has 3 aromatic carbocycles. The van der Waals surface area contributed by atoms with E-state index in [1.54, 1.807) is 48.5 Å². The van der Waals surface area contributed by atoms with Crippen LogP contribution in [0.5, 0.6) is 0 Å². The van der Waals surface area contributed by atoms with E-state index < -0.39 is 10.0 Å². The van der Waals surface area contributed by atoms with Crippen LogP contribution in [0.25, 0.3) is 0 Å². The molecule has 1 amide bonds. The number of hydrogen-bond acceptors (Lipinski definition) is 3. The van der Waals surface area contributed by atoms with Gasteiger partial charge in [0.2, 0.25) is 5.91 Å². The lowest BCUT2D eigenvalue weighted by Gasteiger charge is -2.24. The third-order valence-corrected chi connectivity index (χ3v) is 7.30. The lowest BCUT2D eigenvalue weighted by Crippen LogP contribution is -2.41. The highest BCUT2D eigenvalue weighted by molar-refractivity contribution is 9.10. The van der Waals surface area contributed by atoms with Crippen molar-refractivity contribution in [2.45, 2.75) is 24.7 Å². The zero-order chi connectivity index (χ0) is 22.4. The van der Waals surface area contributed by atoms with Crippen LogP contribution >= 0.6 is 15.9 Å². The maximum Gasteiger partial charge on any atom is 0.264 e. The van der Waals surface area contributed by atoms with E-state index >= 15 is 0 Å². The first-order valence-corrected chi connectivity index (χ1v) is 12.2. The molecule has 1 unspecified atom stereocenters. The molecular weight excluding hydrogens is 476 g/mol. The number of carbonyl (C=O) groups excluding carboxylic acids is 1. The van der Waals surface area contributed by atoms with E-state index in [-0.39, 0.29) is 23.3 Å². The minimum atomic E-state index is -3.91. The molecule has 3 aromatic rings. The molecule has 0 spiro atoms. The van der Waals surface area contributed by atoms with Gasteiger partial charge in [-0.3, -0.25) is 9.10 Å². The van der Waals surface area contributed by atoms with Gasteiger partial charge in [-0.15, -0.1) is 0 Å². The van der Waals surface area contributed by atoms with Crippen LogP contribution in [0.3, 0.4) is 0 Å². The van der Waals surface area contributed by atoms with E-state index in [2.05, 4.69) is 21.2 Å². The topological polar surface area (TPSA) is 66.5 Å². The largest absolute Gasteiger partial charge is 0.354 e. The van der Waals surface area contributed by atoms with Crippen LogP contribution in [0, 0.1) is 6.92 Å². The highest BCUT2D eigenvalue weighted by Gasteiger charge is 2.27. The van der Waals surface area contributed by atoms with Gasteiger partial charge in [0.1, 0.15) is 6.54 Å². The predicted molar refractivity (Wildman–Crippen MR) is 128 cm³/mol. The molecular formula is C24H25BrN2O3S. The maximum atomic E-state index is 13.4. The fourth-order valence-electron chi connectivity index (χ4n) is 3.11. The van der Waals surface area contributed by atoms with Crippen LogP contribution in [0.1, 0.15) is 24.0 Å². The van der Waals surface area contributed by atoms with Gasteiger partial charge in [-0.2, -0.15) is 0 Å². The second-order valence-electron chi connectivity index (χ2n) is 7.42. The molecule has 0 radical (unpaired) electrons. The highest BCUT2D eigenvalue weighted by atomic mass is 79.9. The third-order valence-electron chi connectivity index (χ3n) is 4.98.